The van der Waals surface area contributed by atoms with Gasteiger partial charge in [0.15, 0.2) is 0 Å². The molecule has 2 atom stereocenters. The summed E-state index contributed by atoms with van der Waals surface area (Å²) in [5, 5.41) is 3.12. The summed E-state index contributed by atoms with van der Waals surface area (Å²) in [7, 11) is 1.83. The molecule has 2 unspecified atom stereocenters. The number of ether oxygens (including phenoxy) is 1. The number of rotatable bonds is 3. The van der Waals surface area contributed by atoms with Gasteiger partial charge in [-0.2, -0.15) is 0 Å². The lowest BCUT2D eigenvalue weighted by Crippen LogP contribution is -2.27. The molecule has 15 heavy (non-hydrogen) atoms. The summed E-state index contributed by atoms with van der Waals surface area (Å²) >= 11 is 0. The number of hydrogen-bond acceptors (Lipinski definition) is 3. The van der Waals surface area contributed by atoms with Crippen LogP contribution in [0.2, 0.25) is 0 Å². The summed E-state index contributed by atoms with van der Waals surface area (Å²) in [5.74, 6) is 0.0724. The van der Waals surface area contributed by atoms with E-state index in [0.29, 0.717) is 18.2 Å². The summed E-state index contributed by atoms with van der Waals surface area (Å²) in [6.07, 6.45) is 2.58. The molecule has 0 spiro atoms. The fourth-order valence-corrected chi connectivity index (χ4v) is 2.04. The van der Waals surface area contributed by atoms with Crippen LogP contribution in [-0.2, 0) is 4.74 Å². The molecule has 1 N–H and O–H groups in total. The van der Waals surface area contributed by atoms with E-state index in [1.165, 1.54) is 6.07 Å². The maximum absolute atomic E-state index is 13.5. The smallest absolute Gasteiger partial charge is 0.146 e. The van der Waals surface area contributed by atoms with Crippen LogP contribution < -0.4 is 5.32 Å². The van der Waals surface area contributed by atoms with Crippen LogP contribution in [0.15, 0.2) is 18.3 Å². The van der Waals surface area contributed by atoms with E-state index in [1.807, 2.05) is 7.05 Å². The number of nitrogens with zero attached hydrogens (tertiary/aromatic N) is 1. The normalized spacial score (nSPS) is 22.9. The lowest BCUT2D eigenvalue weighted by molar-refractivity contribution is 0.176. The maximum Gasteiger partial charge on any atom is 0.146 e. The molecule has 2 rings (SSSR count). The van der Waals surface area contributed by atoms with Crippen molar-refractivity contribution in [3.05, 3.63) is 29.8 Å². The van der Waals surface area contributed by atoms with Gasteiger partial charge in [0.2, 0.25) is 0 Å². The van der Waals surface area contributed by atoms with E-state index in [1.54, 1.807) is 12.3 Å². The van der Waals surface area contributed by atoms with E-state index in [4.69, 9.17) is 4.74 Å². The van der Waals surface area contributed by atoms with Gasteiger partial charge in [-0.1, -0.05) is 0 Å². The SMILES string of the molecule is CNC(c1ncccc1F)C1CCOC1. The molecule has 0 bridgehead atoms. The van der Waals surface area contributed by atoms with Crippen LogP contribution in [0.25, 0.3) is 0 Å². The zero-order valence-electron chi connectivity index (χ0n) is 8.74. The maximum atomic E-state index is 13.5. The van der Waals surface area contributed by atoms with E-state index < -0.39 is 0 Å². The zero-order chi connectivity index (χ0) is 10.7. The Hall–Kier alpha value is -1.00. The Morgan fingerprint density at radius 2 is 2.53 bits per heavy atom. The van der Waals surface area contributed by atoms with Crippen LogP contribution >= 0.6 is 0 Å². The Bertz CT molecular complexity index is 326. The minimum absolute atomic E-state index is 0.0475. The highest BCUT2D eigenvalue weighted by Crippen LogP contribution is 2.28. The molecule has 1 aromatic heterocycles. The number of halogens is 1. The fourth-order valence-electron chi connectivity index (χ4n) is 2.04. The van der Waals surface area contributed by atoms with Gasteiger partial charge in [0.05, 0.1) is 18.3 Å². The summed E-state index contributed by atoms with van der Waals surface area (Å²) in [6, 6.07) is 3.01. The largest absolute Gasteiger partial charge is 0.381 e. The van der Waals surface area contributed by atoms with Gasteiger partial charge >= 0.3 is 0 Å². The average molecular weight is 210 g/mol. The van der Waals surface area contributed by atoms with E-state index in [0.717, 1.165) is 13.0 Å². The van der Waals surface area contributed by atoms with Gasteiger partial charge < -0.3 is 10.1 Å². The van der Waals surface area contributed by atoms with Crippen LogP contribution in [0.5, 0.6) is 0 Å². The topological polar surface area (TPSA) is 34.2 Å². The van der Waals surface area contributed by atoms with Gasteiger partial charge in [0.25, 0.3) is 0 Å². The zero-order valence-corrected chi connectivity index (χ0v) is 8.74. The molecule has 0 saturated carbocycles. The number of aromatic nitrogens is 1. The van der Waals surface area contributed by atoms with Crippen LogP contribution in [-0.4, -0.2) is 25.2 Å². The van der Waals surface area contributed by atoms with Gasteiger partial charge in [0, 0.05) is 18.7 Å². The molecule has 0 aromatic carbocycles. The van der Waals surface area contributed by atoms with Gasteiger partial charge in [-0.15, -0.1) is 0 Å². The quantitative estimate of drug-likeness (QED) is 0.821. The highest BCUT2D eigenvalue weighted by atomic mass is 19.1. The lowest BCUT2D eigenvalue weighted by Gasteiger charge is -2.21. The van der Waals surface area contributed by atoms with Gasteiger partial charge in [-0.05, 0) is 25.6 Å². The molecular weight excluding hydrogens is 195 g/mol. The molecule has 0 radical (unpaired) electrons. The molecule has 3 nitrogen and oxygen atoms in total. The van der Waals surface area contributed by atoms with Crippen molar-refractivity contribution in [2.24, 2.45) is 5.92 Å². The molecule has 1 fully saturated rings. The standard InChI is InChI=1S/C11H15FN2O/c1-13-10(8-4-6-15-7-8)11-9(12)3-2-5-14-11/h2-3,5,8,10,13H,4,6-7H2,1H3. The van der Waals surface area contributed by atoms with Crippen LogP contribution in [0.3, 0.4) is 0 Å². The van der Waals surface area contributed by atoms with Crippen LogP contribution in [0, 0.1) is 11.7 Å². The van der Waals surface area contributed by atoms with E-state index in [-0.39, 0.29) is 11.9 Å². The molecule has 1 saturated heterocycles. The van der Waals surface area contributed by atoms with E-state index >= 15 is 0 Å². The first-order valence-corrected chi connectivity index (χ1v) is 5.18. The van der Waals surface area contributed by atoms with Crippen molar-refractivity contribution in [2.75, 3.05) is 20.3 Å². The van der Waals surface area contributed by atoms with Crippen molar-refractivity contribution >= 4 is 0 Å². The molecule has 1 aliphatic rings. The summed E-state index contributed by atoms with van der Waals surface area (Å²) in [4.78, 5) is 4.10. The van der Waals surface area contributed by atoms with Crippen molar-refractivity contribution in [1.29, 1.82) is 0 Å². The second-order valence-electron chi connectivity index (χ2n) is 3.76. The molecule has 82 valence electrons. The fraction of sp³-hybridized carbons (Fsp3) is 0.545. The lowest BCUT2D eigenvalue weighted by atomic mass is 9.95. The minimum Gasteiger partial charge on any atom is -0.381 e. The number of pyridine rings is 1. The van der Waals surface area contributed by atoms with Crippen LogP contribution in [0.1, 0.15) is 18.2 Å². The Morgan fingerprint density at radius 1 is 1.67 bits per heavy atom. The predicted octanol–water partition coefficient (Wildman–Crippen LogP) is 1.52. The average Bonchev–Trinajstić information content (AvgIpc) is 2.75. The first kappa shape index (κ1) is 10.5. The Labute approximate surface area is 88.7 Å². The summed E-state index contributed by atoms with van der Waals surface area (Å²) in [5.41, 5.74) is 0.496. The third-order valence-corrected chi connectivity index (χ3v) is 2.83. The Morgan fingerprint density at radius 3 is 3.13 bits per heavy atom. The highest BCUT2D eigenvalue weighted by Gasteiger charge is 2.28. The van der Waals surface area contributed by atoms with E-state index in [2.05, 4.69) is 10.3 Å². The monoisotopic (exact) mass is 210 g/mol. The van der Waals surface area contributed by atoms with Crippen LogP contribution in [0.4, 0.5) is 4.39 Å². The van der Waals surface area contributed by atoms with Crippen molar-refractivity contribution < 1.29 is 9.13 Å². The van der Waals surface area contributed by atoms with Gasteiger partial charge in [-0.3, -0.25) is 4.98 Å². The molecular formula is C11H15FN2O. The second kappa shape index (κ2) is 4.68. The molecule has 0 aliphatic carbocycles. The van der Waals surface area contributed by atoms with Crippen molar-refractivity contribution in [2.45, 2.75) is 12.5 Å². The van der Waals surface area contributed by atoms with Gasteiger partial charge in [-0.25, -0.2) is 4.39 Å². The summed E-state index contributed by atoms with van der Waals surface area (Å²) in [6.45, 7) is 1.44. The Kier molecular flexibility index (Phi) is 3.28. The summed E-state index contributed by atoms with van der Waals surface area (Å²) < 4.78 is 18.8. The first-order chi connectivity index (χ1) is 7.33. The second-order valence-corrected chi connectivity index (χ2v) is 3.76. The molecule has 4 heteroatoms. The molecule has 0 amide bonds. The number of nitrogens with one attached hydrogen (secondary N) is 1. The van der Waals surface area contributed by atoms with Crippen molar-refractivity contribution in [3.63, 3.8) is 0 Å². The predicted molar refractivity (Wildman–Crippen MR) is 54.9 cm³/mol. The third kappa shape index (κ3) is 2.16. The first-order valence-electron chi connectivity index (χ1n) is 5.18. The molecule has 2 heterocycles. The molecule has 1 aliphatic heterocycles. The van der Waals surface area contributed by atoms with Gasteiger partial charge in [0.1, 0.15) is 5.82 Å². The highest BCUT2D eigenvalue weighted by molar-refractivity contribution is 5.13. The molecule has 1 aromatic rings. The number of hydrogen-bond donors (Lipinski definition) is 1. The van der Waals surface area contributed by atoms with E-state index in [9.17, 15) is 4.39 Å². The third-order valence-electron chi connectivity index (χ3n) is 2.83. The Balaban J connectivity index is 2.22. The minimum atomic E-state index is -0.247. The van der Waals surface area contributed by atoms with Crippen molar-refractivity contribution in [1.82, 2.24) is 10.3 Å². The van der Waals surface area contributed by atoms with Crippen molar-refractivity contribution in [3.8, 4) is 0 Å².